The van der Waals surface area contributed by atoms with Crippen molar-refractivity contribution in [2.24, 2.45) is 0 Å². The predicted molar refractivity (Wildman–Crippen MR) is 174 cm³/mol. The number of carbonyl (C=O) groups is 2. The van der Waals surface area contributed by atoms with Gasteiger partial charge in [0.1, 0.15) is 0 Å². The molecule has 0 unspecified atom stereocenters. The van der Waals surface area contributed by atoms with Gasteiger partial charge in [-0.15, -0.1) is 0 Å². The Morgan fingerprint density at radius 2 is 0.600 bits per heavy atom. The Bertz CT molecular complexity index is 517. The zero-order valence-electron chi connectivity index (χ0n) is 26.8. The maximum absolute atomic E-state index is 10.3. The number of carboxylic acid groups (broad SMARTS) is 2. The van der Waals surface area contributed by atoms with Crippen LogP contribution in [0.3, 0.4) is 0 Å². The van der Waals surface area contributed by atoms with Crippen molar-refractivity contribution >= 4 is 11.9 Å². The molecule has 0 spiro atoms. The molecule has 236 valence electrons. The van der Waals surface area contributed by atoms with Crippen LogP contribution in [0.1, 0.15) is 194 Å². The summed E-state index contributed by atoms with van der Waals surface area (Å²) in [5.41, 5.74) is 0. The van der Waals surface area contributed by atoms with Crippen LogP contribution in [0.2, 0.25) is 0 Å². The zero-order chi connectivity index (χ0) is 29.8. The molecule has 4 nitrogen and oxygen atoms in total. The molecule has 0 aromatic heterocycles. The molecule has 0 amide bonds. The third-order valence-electron chi connectivity index (χ3n) is 7.30. The molecule has 0 rings (SSSR count). The molecule has 0 aliphatic heterocycles. The fraction of sp³-hybridized carbons (Fsp3) is 0.833. The minimum Gasteiger partial charge on any atom is -0.481 e. The highest BCUT2D eigenvalue weighted by atomic mass is 16.4. The maximum atomic E-state index is 10.3. The van der Waals surface area contributed by atoms with Crippen LogP contribution in [0, 0.1) is 0 Å². The summed E-state index contributed by atoms with van der Waals surface area (Å²) in [6, 6.07) is 0. The highest BCUT2D eigenvalue weighted by Crippen LogP contribution is 2.12. The van der Waals surface area contributed by atoms with Gasteiger partial charge in [-0.3, -0.25) is 9.59 Å². The van der Waals surface area contributed by atoms with Gasteiger partial charge < -0.3 is 10.2 Å². The summed E-state index contributed by atoms with van der Waals surface area (Å²) in [4.78, 5) is 20.7. The largest absolute Gasteiger partial charge is 0.481 e. The van der Waals surface area contributed by atoms with Crippen LogP contribution in [0.15, 0.2) is 24.3 Å². The van der Waals surface area contributed by atoms with Gasteiger partial charge in [-0.1, -0.05) is 141 Å². The standard InChI is InChI=1S/2C18H34O2/c2*1-2-3-4-5-6-7-8-9-10-11-12-13-14-15-16-17-18(19)20/h2*7-8H,2-6,9-17H2,1H3,(H,19,20)/b8-7+;8-7-. The van der Waals surface area contributed by atoms with Crippen LogP contribution >= 0.6 is 0 Å². The molecule has 0 heterocycles. The molecule has 0 saturated carbocycles. The lowest BCUT2D eigenvalue weighted by Gasteiger charge is -2.00. The lowest BCUT2D eigenvalue weighted by atomic mass is 10.1. The predicted octanol–water partition coefficient (Wildman–Crippen LogP) is 12.2. The molecule has 0 aromatic rings. The van der Waals surface area contributed by atoms with E-state index in [9.17, 15) is 9.59 Å². The molecular weight excluding hydrogens is 496 g/mol. The number of rotatable bonds is 30. The average molecular weight is 565 g/mol. The molecule has 0 fully saturated rings. The fourth-order valence-corrected chi connectivity index (χ4v) is 4.69. The highest BCUT2D eigenvalue weighted by molar-refractivity contribution is 5.66. The lowest BCUT2D eigenvalue weighted by Crippen LogP contribution is -1.93. The van der Waals surface area contributed by atoms with Crippen molar-refractivity contribution in [3.8, 4) is 0 Å². The molecule has 0 radical (unpaired) electrons. The summed E-state index contributed by atoms with van der Waals surface area (Å²) < 4.78 is 0. The van der Waals surface area contributed by atoms with Crippen LogP contribution < -0.4 is 0 Å². The third kappa shape index (κ3) is 43.5. The first-order valence-electron chi connectivity index (χ1n) is 17.3. The number of carboxylic acids is 2. The van der Waals surface area contributed by atoms with Crippen LogP contribution in [0.25, 0.3) is 0 Å². The van der Waals surface area contributed by atoms with Crippen LogP contribution in [-0.4, -0.2) is 22.2 Å². The molecule has 4 heteroatoms. The summed E-state index contributed by atoms with van der Waals surface area (Å²) >= 11 is 0. The van der Waals surface area contributed by atoms with Crippen molar-refractivity contribution < 1.29 is 19.8 Å². The van der Waals surface area contributed by atoms with E-state index in [0.717, 1.165) is 25.7 Å². The topological polar surface area (TPSA) is 74.6 Å². The second kappa shape index (κ2) is 37.4. The van der Waals surface area contributed by atoms with E-state index >= 15 is 0 Å². The van der Waals surface area contributed by atoms with Gasteiger partial charge in [-0.2, -0.15) is 0 Å². The van der Waals surface area contributed by atoms with E-state index in [2.05, 4.69) is 38.2 Å². The monoisotopic (exact) mass is 565 g/mol. The number of hydrogen-bond acceptors (Lipinski definition) is 2. The van der Waals surface area contributed by atoms with Crippen molar-refractivity contribution in [1.29, 1.82) is 0 Å². The number of allylic oxidation sites excluding steroid dienone is 4. The highest BCUT2D eigenvalue weighted by Gasteiger charge is 1.97. The second-order valence-corrected chi connectivity index (χ2v) is 11.5. The van der Waals surface area contributed by atoms with E-state index in [1.165, 1.54) is 141 Å². The number of unbranched alkanes of at least 4 members (excludes halogenated alkanes) is 22. The van der Waals surface area contributed by atoms with Crippen LogP contribution in [0.4, 0.5) is 0 Å². The van der Waals surface area contributed by atoms with Gasteiger partial charge >= 0.3 is 11.9 Å². The molecule has 0 saturated heterocycles. The molecule has 40 heavy (non-hydrogen) atoms. The van der Waals surface area contributed by atoms with Gasteiger partial charge in [-0.05, 0) is 64.2 Å². The van der Waals surface area contributed by atoms with E-state index in [0.29, 0.717) is 12.8 Å². The van der Waals surface area contributed by atoms with Crippen LogP contribution in [0.5, 0.6) is 0 Å². The smallest absolute Gasteiger partial charge is 0.303 e. The Kier molecular flexibility index (Phi) is 37.9. The Morgan fingerprint density at radius 3 is 0.850 bits per heavy atom. The summed E-state index contributed by atoms with van der Waals surface area (Å²) in [7, 11) is 0. The third-order valence-corrected chi connectivity index (χ3v) is 7.30. The molecule has 0 aromatic carbocycles. The first kappa shape index (κ1) is 40.6. The summed E-state index contributed by atoms with van der Waals surface area (Å²) in [6.07, 6.45) is 42.5. The Balaban J connectivity index is 0. The quantitative estimate of drug-likeness (QED) is 0.0672. The Labute approximate surface area is 249 Å². The molecule has 0 aliphatic carbocycles. The first-order valence-corrected chi connectivity index (χ1v) is 17.3. The Hall–Kier alpha value is -1.58. The SMILES string of the molecule is CCCCCC/C=C/CCCCCCCCCC(=O)O.CCCCCC/C=C\CCCCCCCCCC(=O)O. The van der Waals surface area contributed by atoms with Crippen molar-refractivity contribution in [3.05, 3.63) is 24.3 Å². The van der Waals surface area contributed by atoms with E-state index in [1.54, 1.807) is 0 Å². The number of aliphatic carboxylic acids is 2. The maximum Gasteiger partial charge on any atom is 0.303 e. The molecule has 0 atom stereocenters. The minimum absolute atomic E-state index is 0.336. The second-order valence-electron chi connectivity index (χ2n) is 11.5. The normalized spacial score (nSPS) is 11.2. The van der Waals surface area contributed by atoms with Gasteiger partial charge in [0.05, 0.1) is 0 Å². The average Bonchev–Trinajstić information content (AvgIpc) is 2.93. The lowest BCUT2D eigenvalue weighted by molar-refractivity contribution is -0.138. The van der Waals surface area contributed by atoms with Crippen molar-refractivity contribution in [3.63, 3.8) is 0 Å². The molecule has 0 aliphatic rings. The molecule has 0 bridgehead atoms. The summed E-state index contributed by atoms with van der Waals surface area (Å²) in [6.45, 7) is 4.50. The van der Waals surface area contributed by atoms with Crippen molar-refractivity contribution in [2.45, 2.75) is 194 Å². The summed E-state index contributed by atoms with van der Waals surface area (Å²) in [5, 5.41) is 17.0. The molecule has 2 N–H and O–H groups in total. The van der Waals surface area contributed by atoms with E-state index in [1.807, 2.05) is 0 Å². The zero-order valence-corrected chi connectivity index (χ0v) is 26.8. The summed E-state index contributed by atoms with van der Waals surface area (Å²) in [5.74, 6) is -1.32. The minimum atomic E-state index is -0.661. The number of hydrogen-bond donors (Lipinski definition) is 2. The van der Waals surface area contributed by atoms with Gasteiger partial charge in [-0.25, -0.2) is 0 Å². The van der Waals surface area contributed by atoms with E-state index in [4.69, 9.17) is 10.2 Å². The van der Waals surface area contributed by atoms with E-state index < -0.39 is 11.9 Å². The van der Waals surface area contributed by atoms with Crippen molar-refractivity contribution in [2.75, 3.05) is 0 Å². The first-order chi connectivity index (χ1) is 19.5. The Morgan fingerprint density at radius 1 is 0.375 bits per heavy atom. The van der Waals surface area contributed by atoms with Gasteiger partial charge in [0.2, 0.25) is 0 Å². The van der Waals surface area contributed by atoms with Gasteiger partial charge in [0.25, 0.3) is 0 Å². The fourth-order valence-electron chi connectivity index (χ4n) is 4.69. The van der Waals surface area contributed by atoms with Crippen molar-refractivity contribution in [1.82, 2.24) is 0 Å². The van der Waals surface area contributed by atoms with E-state index in [-0.39, 0.29) is 0 Å². The molecular formula is C36H68O4. The van der Waals surface area contributed by atoms with Crippen LogP contribution in [-0.2, 0) is 9.59 Å². The van der Waals surface area contributed by atoms with Gasteiger partial charge in [0, 0.05) is 12.8 Å². The van der Waals surface area contributed by atoms with Gasteiger partial charge in [0.15, 0.2) is 0 Å².